The van der Waals surface area contributed by atoms with E-state index in [0.29, 0.717) is 11.3 Å². The molecule has 0 spiro atoms. The first-order chi connectivity index (χ1) is 13.2. The van der Waals surface area contributed by atoms with E-state index in [1.54, 1.807) is 36.4 Å². The van der Waals surface area contributed by atoms with E-state index in [0.717, 1.165) is 21.3 Å². The standard InChI is InChI=1S/C21H19BrN2O3S/c1-14-3-4-15(2)20(13-14)23-21(25)16-5-9-18(10-6-16)24-28(26,27)19-11-7-17(22)8-12-19/h3-13,24H,1-2H3,(H,23,25). The SMILES string of the molecule is Cc1ccc(C)c(NC(=O)c2ccc(NS(=O)(=O)c3ccc(Br)cc3)cc2)c1. The van der Waals surface area contributed by atoms with Crippen LogP contribution >= 0.6 is 15.9 Å². The Labute approximate surface area is 173 Å². The summed E-state index contributed by atoms with van der Waals surface area (Å²) in [5.74, 6) is -0.254. The largest absolute Gasteiger partial charge is 0.322 e. The average molecular weight is 459 g/mol. The number of amides is 1. The highest BCUT2D eigenvalue weighted by Crippen LogP contribution is 2.20. The minimum absolute atomic E-state index is 0.160. The Kier molecular flexibility index (Phi) is 5.86. The number of hydrogen-bond donors (Lipinski definition) is 2. The Morgan fingerprint density at radius 1 is 0.893 bits per heavy atom. The monoisotopic (exact) mass is 458 g/mol. The fourth-order valence-electron chi connectivity index (χ4n) is 2.58. The van der Waals surface area contributed by atoms with Gasteiger partial charge in [0.1, 0.15) is 0 Å². The van der Waals surface area contributed by atoms with Crippen molar-refractivity contribution in [3.05, 3.63) is 87.9 Å². The zero-order valence-corrected chi connectivity index (χ0v) is 17.8. The Morgan fingerprint density at radius 2 is 1.54 bits per heavy atom. The van der Waals surface area contributed by atoms with E-state index in [1.165, 1.54) is 12.1 Å². The highest BCUT2D eigenvalue weighted by atomic mass is 79.9. The van der Waals surface area contributed by atoms with Gasteiger partial charge in [-0.3, -0.25) is 9.52 Å². The summed E-state index contributed by atoms with van der Waals surface area (Å²) in [6.45, 7) is 3.89. The molecule has 0 saturated carbocycles. The summed E-state index contributed by atoms with van der Waals surface area (Å²) in [4.78, 5) is 12.6. The number of benzene rings is 3. The summed E-state index contributed by atoms with van der Waals surface area (Å²) < 4.78 is 28.2. The van der Waals surface area contributed by atoms with Crippen LogP contribution in [0.25, 0.3) is 0 Å². The van der Waals surface area contributed by atoms with Crippen LogP contribution in [0.4, 0.5) is 11.4 Å². The molecule has 0 bridgehead atoms. The predicted octanol–water partition coefficient (Wildman–Crippen LogP) is 5.12. The maximum atomic E-state index is 12.5. The van der Waals surface area contributed by atoms with Gasteiger partial charge in [0.2, 0.25) is 0 Å². The molecule has 0 atom stereocenters. The molecule has 2 N–H and O–H groups in total. The van der Waals surface area contributed by atoms with Crippen molar-refractivity contribution in [1.82, 2.24) is 0 Å². The van der Waals surface area contributed by atoms with E-state index in [-0.39, 0.29) is 10.8 Å². The molecule has 3 rings (SSSR count). The maximum Gasteiger partial charge on any atom is 0.261 e. The summed E-state index contributed by atoms with van der Waals surface area (Å²) >= 11 is 3.28. The summed E-state index contributed by atoms with van der Waals surface area (Å²) in [6.07, 6.45) is 0. The van der Waals surface area contributed by atoms with Crippen LogP contribution in [-0.2, 0) is 10.0 Å². The molecular formula is C21H19BrN2O3S. The molecule has 144 valence electrons. The number of anilines is 2. The van der Waals surface area contributed by atoms with E-state index >= 15 is 0 Å². The lowest BCUT2D eigenvalue weighted by Crippen LogP contribution is -2.14. The Morgan fingerprint density at radius 3 is 2.18 bits per heavy atom. The summed E-state index contributed by atoms with van der Waals surface area (Å²) in [5.41, 5.74) is 3.60. The number of carbonyl (C=O) groups is 1. The van der Waals surface area contributed by atoms with Gasteiger partial charge < -0.3 is 5.32 Å². The minimum Gasteiger partial charge on any atom is -0.322 e. The molecule has 3 aromatic rings. The third-order valence-electron chi connectivity index (χ3n) is 4.16. The Hall–Kier alpha value is -2.64. The second kappa shape index (κ2) is 8.16. The molecule has 0 radical (unpaired) electrons. The molecule has 0 aliphatic heterocycles. The Bertz CT molecular complexity index is 1110. The number of aryl methyl sites for hydroxylation is 2. The lowest BCUT2D eigenvalue weighted by Gasteiger charge is -2.11. The van der Waals surface area contributed by atoms with Crippen molar-refractivity contribution in [1.29, 1.82) is 0 Å². The first kappa shape index (κ1) is 20.1. The van der Waals surface area contributed by atoms with Gasteiger partial charge in [-0.2, -0.15) is 0 Å². The van der Waals surface area contributed by atoms with Gasteiger partial charge in [-0.05, 0) is 79.6 Å². The van der Waals surface area contributed by atoms with Crippen molar-refractivity contribution in [2.24, 2.45) is 0 Å². The predicted molar refractivity (Wildman–Crippen MR) is 115 cm³/mol. The summed E-state index contributed by atoms with van der Waals surface area (Å²) in [6, 6.07) is 18.5. The van der Waals surface area contributed by atoms with Gasteiger partial charge in [0.15, 0.2) is 0 Å². The van der Waals surface area contributed by atoms with Gasteiger partial charge in [0, 0.05) is 21.4 Å². The van der Waals surface area contributed by atoms with Gasteiger partial charge in [0.05, 0.1) is 4.90 Å². The van der Waals surface area contributed by atoms with E-state index in [9.17, 15) is 13.2 Å². The van der Waals surface area contributed by atoms with E-state index in [2.05, 4.69) is 26.0 Å². The van der Waals surface area contributed by atoms with Gasteiger partial charge in [-0.15, -0.1) is 0 Å². The highest BCUT2D eigenvalue weighted by molar-refractivity contribution is 9.10. The molecule has 0 fully saturated rings. The lowest BCUT2D eigenvalue weighted by molar-refractivity contribution is 0.102. The first-order valence-electron chi connectivity index (χ1n) is 8.52. The molecule has 1 amide bonds. The Balaban J connectivity index is 1.73. The molecule has 7 heteroatoms. The van der Waals surface area contributed by atoms with E-state index in [1.807, 2.05) is 32.0 Å². The lowest BCUT2D eigenvalue weighted by atomic mass is 10.1. The first-order valence-corrected chi connectivity index (χ1v) is 10.8. The van der Waals surface area contributed by atoms with E-state index < -0.39 is 10.0 Å². The molecule has 0 unspecified atom stereocenters. The van der Waals surface area contributed by atoms with Crippen LogP contribution in [-0.4, -0.2) is 14.3 Å². The normalized spacial score (nSPS) is 11.1. The molecular weight excluding hydrogens is 440 g/mol. The highest BCUT2D eigenvalue weighted by Gasteiger charge is 2.14. The van der Waals surface area contributed by atoms with Crippen LogP contribution in [0.15, 0.2) is 76.1 Å². The van der Waals surface area contributed by atoms with Crippen LogP contribution in [0.1, 0.15) is 21.5 Å². The topological polar surface area (TPSA) is 75.3 Å². The number of hydrogen-bond acceptors (Lipinski definition) is 3. The molecule has 0 aromatic heterocycles. The molecule has 5 nitrogen and oxygen atoms in total. The van der Waals surface area contributed by atoms with Gasteiger partial charge in [-0.25, -0.2) is 8.42 Å². The molecule has 3 aromatic carbocycles. The number of sulfonamides is 1. The van der Waals surface area contributed by atoms with Crippen molar-refractivity contribution < 1.29 is 13.2 Å². The number of carbonyl (C=O) groups excluding carboxylic acids is 1. The van der Waals surface area contributed by atoms with Crippen molar-refractivity contribution in [2.45, 2.75) is 18.7 Å². The third kappa shape index (κ3) is 4.79. The maximum absolute atomic E-state index is 12.5. The van der Waals surface area contributed by atoms with Crippen LogP contribution in [0, 0.1) is 13.8 Å². The van der Waals surface area contributed by atoms with Gasteiger partial charge in [0.25, 0.3) is 15.9 Å². The van der Waals surface area contributed by atoms with Gasteiger partial charge >= 0.3 is 0 Å². The summed E-state index contributed by atoms with van der Waals surface area (Å²) in [7, 11) is -3.69. The summed E-state index contributed by atoms with van der Waals surface area (Å²) in [5, 5.41) is 2.88. The van der Waals surface area contributed by atoms with Crippen molar-refractivity contribution in [2.75, 3.05) is 10.0 Å². The molecule has 0 heterocycles. The zero-order chi connectivity index (χ0) is 20.3. The smallest absolute Gasteiger partial charge is 0.261 e. The fourth-order valence-corrected chi connectivity index (χ4v) is 3.91. The number of nitrogens with one attached hydrogen (secondary N) is 2. The molecule has 28 heavy (non-hydrogen) atoms. The third-order valence-corrected chi connectivity index (χ3v) is 6.09. The fraction of sp³-hybridized carbons (Fsp3) is 0.0952. The number of halogens is 1. The average Bonchev–Trinajstić information content (AvgIpc) is 2.65. The van der Waals surface area contributed by atoms with Crippen LogP contribution in [0.5, 0.6) is 0 Å². The number of rotatable bonds is 5. The van der Waals surface area contributed by atoms with Crippen molar-refractivity contribution >= 4 is 43.2 Å². The quantitative estimate of drug-likeness (QED) is 0.556. The minimum atomic E-state index is -3.69. The van der Waals surface area contributed by atoms with Crippen LogP contribution in [0.2, 0.25) is 0 Å². The van der Waals surface area contributed by atoms with Crippen LogP contribution < -0.4 is 10.0 Å². The van der Waals surface area contributed by atoms with Crippen LogP contribution in [0.3, 0.4) is 0 Å². The zero-order valence-electron chi connectivity index (χ0n) is 15.4. The van der Waals surface area contributed by atoms with E-state index in [4.69, 9.17) is 0 Å². The van der Waals surface area contributed by atoms with Gasteiger partial charge in [-0.1, -0.05) is 28.1 Å². The van der Waals surface area contributed by atoms with Crippen molar-refractivity contribution in [3.63, 3.8) is 0 Å². The molecule has 0 saturated heterocycles. The second-order valence-electron chi connectivity index (χ2n) is 6.41. The molecule has 0 aliphatic carbocycles. The second-order valence-corrected chi connectivity index (χ2v) is 9.01. The molecule has 0 aliphatic rings. The van der Waals surface area contributed by atoms with Crippen molar-refractivity contribution in [3.8, 4) is 0 Å².